The molecule has 0 amide bonds. The molecule has 0 spiro atoms. The summed E-state index contributed by atoms with van der Waals surface area (Å²) in [5.74, 6) is -0.282. The highest BCUT2D eigenvalue weighted by molar-refractivity contribution is 5.89. The average molecular weight is 259 g/mol. The number of benzene rings is 1. The van der Waals surface area contributed by atoms with Gasteiger partial charge in [-0.25, -0.2) is 9.86 Å². The molecule has 1 fully saturated rings. The number of fused-ring (bicyclic) bond motifs is 2. The predicted octanol–water partition coefficient (Wildman–Crippen LogP) is 2.70. The quantitative estimate of drug-likeness (QED) is 0.618. The number of rotatable bonds is 3. The van der Waals surface area contributed by atoms with Gasteiger partial charge in [0.15, 0.2) is 0 Å². The van der Waals surface area contributed by atoms with Crippen LogP contribution >= 0.6 is 0 Å². The summed E-state index contributed by atoms with van der Waals surface area (Å²) in [4.78, 5) is 17.4. The van der Waals surface area contributed by atoms with Crippen LogP contribution in [0.5, 0.6) is 0 Å². The first-order chi connectivity index (χ1) is 9.28. The van der Waals surface area contributed by atoms with E-state index in [1.54, 1.807) is 19.1 Å². The van der Waals surface area contributed by atoms with E-state index in [9.17, 15) is 4.79 Å². The second-order valence-electron chi connectivity index (χ2n) is 4.77. The Hall–Kier alpha value is -1.81. The van der Waals surface area contributed by atoms with Gasteiger partial charge in [-0.3, -0.25) is 4.84 Å². The maximum atomic E-state index is 11.6. The van der Waals surface area contributed by atoms with Crippen molar-refractivity contribution in [2.45, 2.75) is 31.9 Å². The fourth-order valence-electron chi connectivity index (χ4n) is 2.50. The van der Waals surface area contributed by atoms with Gasteiger partial charge in [0.2, 0.25) is 0 Å². The SMILES string of the molecule is CCOC(=O)c1ccc(N2O[C@H]3C=C[C@@H]2CC3)cc1. The molecule has 1 aromatic rings. The first kappa shape index (κ1) is 12.2. The molecule has 2 atom stereocenters. The molecule has 1 aromatic carbocycles. The van der Waals surface area contributed by atoms with Crippen molar-refractivity contribution in [3.8, 4) is 0 Å². The molecule has 1 aliphatic carbocycles. The zero-order valence-electron chi connectivity index (χ0n) is 10.9. The third-order valence-corrected chi connectivity index (χ3v) is 3.48. The number of carbonyl (C=O) groups excluding carboxylic acids is 1. The molecule has 100 valence electrons. The van der Waals surface area contributed by atoms with Crippen molar-refractivity contribution in [3.63, 3.8) is 0 Å². The Kier molecular flexibility index (Phi) is 3.25. The van der Waals surface area contributed by atoms with Gasteiger partial charge < -0.3 is 4.74 Å². The van der Waals surface area contributed by atoms with Gasteiger partial charge in [0, 0.05) is 0 Å². The van der Waals surface area contributed by atoms with E-state index < -0.39 is 0 Å². The molecule has 2 bridgehead atoms. The molecule has 0 aromatic heterocycles. The van der Waals surface area contributed by atoms with Crippen molar-refractivity contribution in [3.05, 3.63) is 42.0 Å². The molecule has 4 nitrogen and oxygen atoms in total. The van der Waals surface area contributed by atoms with Crippen LogP contribution in [0.25, 0.3) is 0 Å². The predicted molar refractivity (Wildman–Crippen MR) is 71.9 cm³/mol. The number of hydrogen-bond donors (Lipinski definition) is 0. The Morgan fingerprint density at radius 3 is 2.63 bits per heavy atom. The highest BCUT2D eigenvalue weighted by atomic mass is 16.7. The van der Waals surface area contributed by atoms with E-state index in [4.69, 9.17) is 9.57 Å². The first-order valence-electron chi connectivity index (χ1n) is 6.69. The summed E-state index contributed by atoms with van der Waals surface area (Å²) < 4.78 is 4.97. The topological polar surface area (TPSA) is 38.8 Å². The number of hydroxylamine groups is 1. The average Bonchev–Trinajstić information content (AvgIpc) is 2.49. The van der Waals surface area contributed by atoms with Crippen LogP contribution in [-0.2, 0) is 9.57 Å². The number of esters is 1. The molecule has 3 aliphatic rings. The van der Waals surface area contributed by atoms with Gasteiger partial charge >= 0.3 is 5.97 Å². The molecule has 19 heavy (non-hydrogen) atoms. The van der Waals surface area contributed by atoms with Crippen molar-refractivity contribution in [1.29, 1.82) is 0 Å². The van der Waals surface area contributed by atoms with Crippen LogP contribution in [0, 0.1) is 0 Å². The molecule has 1 saturated heterocycles. The number of ether oxygens (including phenoxy) is 1. The van der Waals surface area contributed by atoms with Crippen molar-refractivity contribution < 1.29 is 14.4 Å². The molecule has 0 N–H and O–H groups in total. The lowest BCUT2D eigenvalue weighted by Gasteiger charge is -2.41. The van der Waals surface area contributed by atoms with Crippen LogP contribution in [0.1, 0.15) is 30.1 Å². The fraction of sp³-hybridized carbons (Fsp3) is 0.400. The minimum Gasteiger partial charge on any atom is -0.462 e. The first-order valence-corrected chi connectivity index (χ1v) is 6.69. The fourth-order valence-corrected chi connectivity index (χ4v) is 2.50. The van der Waals surface area contributed by atoms with Gasteiger partial charge in [-0.1, -0.05) is 12.2 Å². The minimum atomic E-state index is -0.282. The Labute approximate surface area is 112 Å². The molecule has 4 heteroatoms. The largest absolute Gasteiger partial charge is 0.462 e. The molecule has 2 heterocycles. The van der Waals surface area contributed by atoms with Gasteiger partial charge in [0.05, 0.1) is 23.9 Å². The minimum absolute atomic E-state index is 0.190. The highest BCUT2D eigenvalue weighted by Gasteiger charge is 2.31. The van der Waals surface area contributed by atoms with Crippen LogP contribution in [0.3, 0.4) is 0 Å². The standard InChI is InChI=1S/C15H17NO3/c1-2-18-15(17)11-3-5-12(6-4-11)16-13-7-9-14(19-16)10-8-13/h3-7,9,13-14H,2,8,10H2,1H3/t13-,14+/m1/s1. The number of hydrogen-bond acceptors (Lipinski definition) is 4. The van der Waals surface area contributed by atoms with Crippen LogP contribution < -0.4 is 5.06 Å². The normalized spacial score (nSPS) is 24.6. The van der Waals surface area contributed by atoms with E-state index in [1.165, 1.54) is 0 Å². The summed E-state index contributed by atoms with van der Waals surface area (Å²) in [6.45, 7) is 2.20. The van der Waals surface area contributed by atoms with E-state index >= 15 is 0 Å². The van der Waals surface area contributed by atoms with E-state index in [0.717, 1.165) is 18.5 Å². The van der Waals surface area contributed by atoms with Crippen molar-refractivity contribution in [2.75, 3.05) is 11.7 Å². The summed E-state index contributed by atoms with van der Waals surface area (Å²) in [5.41, 5.74) is 1.55. The molecule has 4 rings (SSSR count). The van der Waals surface area contributed by atoms with Crippen molar-refractivity contribution in [1.82, 2.24) is 0 Å². The van der Waals surface area contributed by atoms with E-state index in [1.807, 2.05) is 17.2 Å². The Bertz CT molecular complexity index is 495. The van der Waals surface area contributed by atoms with Gasteiger partial charge in [0.1, 0.15) is 6.10 Å². The van der Waals surface area contributed by atoms with Crippen LogP contribution in [0.15, 0.2) is 36.4 Å². The maximum absolute atomic E-state index is 11.6. The Morgan fingerprint density at radius 1 is 1.32 bits per heavy atom. The van der Waals surface area contributed by atoms with E-state index in [0.29, 0.717) is 18.2 Å². The second-order valence-corrected chi connectivity index (χ2v) is 4.77. The zero-order valence-corrected chi connectivity index (χ0v) is 10.9. The molecular formula is C15H17NO3. The van der Waals surface area contributed by atoms with Crippen molar-refractivity contribution >= 4 is 11.7 Å². The lowest BCUT2D eigenvalue weighted by Crippen LogP contribution is -2.45. The van der Waals surface area contributed by atoms with Crippen molar-refractivity contribution in [2.24, 2.45) is 0 Å². The van der Waals surface area contributed by atoms with Crippen LogP contribution in [0.4, 0.5) is 5.69 Å². The monoisotopic (exact) mass is 259 g/mol. The molecule has 2 aliphatic heterocycles. The molecule has 0 radical (unpaired) electrons. The molecule has 0 unspecified atom stereocenters. The second kappa shape index (κ2) is 5.05. The number of anilines is 1. The molecule has 0 saturated carbocycles. The van der Waals surface area contributed by atoms with Gasteiger partial charge in [-0.2, -0.15) is 0 Å². The zero-order chi connectivity index (χ0) is 13.2. The summed E-state index contributed by atoms with van der Waals surface area (Å²) in [6.07, 6.45) is 6.70. The summed E-state index contributed by atoms with van der Waals surface area (Å²) in [7, 11) is 0. The summed E-state index contributed by atoms with van der Waals surface area (Å²) >= 11 is 0. The lowest BCUT2D eigenvalue weighted by atomic mass is 9.98. The summed E-state index contributed by atoms with van der Waals surface area (Å²) in [6, 6.07) is 7.67. The number of nitrogens with zero attached hydrogens (tertiary/aromatic N) is 1. The Balaban J connectivity index is 1.76. The third-order valence-electron chi connectivity index (χ3n) is 3.48. The van der Waals surface area contributed by atoms with Gasteiger partial charge in [-0.15, -0.1) is 0 Å². The maximum Gasteiger partial charge on any atom is 0.338 e. The van der Waals surface area contributed by atoms with Gasteiger partial charge in [0.25, 0.3) is 0 Å². The van der Waals surface area contributed by atoms with Gasteiger partial charge in [-0.05, 0) is 44.0 Å². The highest BCUT2D eigenvalue weighted by Crippen LogP contribution is 2.32. The van der Waals surface area contributed by atoms with E-state index in [-0.39, 0.29) is 12.1 Å². The third kappa shape index (κ3) is 2.36. The van der Waals surface area contributed by atoms with Crippen LogP contribution in [0.2, 0.25) is 0 Å². The number of carbonyl (C=O) groups is 1. The van der Waals surface area contributed by atoms with Crippen LogP contribution in [-0.4, -0.2) is 24.7 Å². The van der Waals surface area contributed by atoms with E-state index in [2.05, 4.69) is 12.2 Å². The summed E-state index contributed by atoms with van der Waals surface area (Å²) in [5, 5.41) is 1.93. The Morgan fingerprint density at radius 2 is 2.11 bits per heavy atom. The molecular weight excluding hydrogens is 242 g/mol. The lowest BCUT2D eigenvalue weighted by molar-refractivity contribution is 0.00351. The smallest absolute Gasteiger partial charge is 0.338 e.